The lowest BCUT2D eigenvalue weighted by Crippen LogP contribution is -2.30. The molecule has 27 heavy (non-hydrogen) atoms. The molecule has 0 aliphatic carbocycles. The molecular formula is C20H14ClNO4S. The summed E-state index contributed by atoms with van der Waals surface area (Å²) in [6.07, 6.45) is 0. The van der Waals surface area contributed by atoms with E-state index in [1.165, 1.54) is 16.2 Å². The molecule has 1 atom stereocenters. The number of hydrogen-bond donors (Lipinski definition) is 1. The summed E-state index contributed by atoms with van der Waals surface area (Å²) in [5.74, 6) is -0.576. The third-order valence-electron chi connectivity index (χ3n) is 4.33. The van der Waals surface area contributed by atoms with Crippen molar-refractivity contribution in [2.45, 2.75) is 13.0 Å². The predicted octanol–water partition coefficient (Wildman–Crippen LogP) is 5.09. The molecule has 2 aromatic heterocycles. The molecule has 1 unspecified atom stereocenters. The third-order valence-corrected chi connectivity index (χ3v) is 5.45. The maximum Gasteiger partial charge on any atom is 0.294 e. The summed E-state index contributed by atoms with van der Waals surface area (Å²) in [5, 5.41) is 12.8. The van der Waals surface area contributed by atoms with Crippen molar-refractivity contribution in [3.8, 4) is 0 Å². The van der Waals surface area contributed by atoms with Crippen LogP contribution >= 0.6 is 22.9 Å². The van der Waals surface area contributed by atoms with Crippen LogP contribution in [0.25, 0.3) is 0 Å². The average molecular weight is 400 g/mol. The molecule has 3 heterocycles. The number of aliphatic hydroxyl groups is 1. The number of furan rings is 1. The quantitative estimate of drug-likeness (QED) is 0.620. The molecule has 0 bridgehead atoms. The smallest absolute Gasteiger partial charge is 0.294 e. The number of thiophene rings is 1. The second-order valence-electron chi connectivity index (χ2n) is 6.07. The Balaban J connectivity index is 1.87. The summed E-state index contributed by atoms with van der Waals surface area (Å²) in [5.41, 5.74) is 0.510. The highest BCUT2D eigenvalue weighted by molar-refractivity contribution is 7.12. The minimum absolute atomic E-state index is 0.00625. The van der Waals surface area contributed by atoms with Crippen LogP contribution in [0.15, 0.2) is 69.7 Å². The van der Waals surface area contributed by atoms with Gasteiger partial charge in [0.05, 0.1) is 10.5 Å². The van der Waals surface area contributed by atoms with Gasteiger partial charge in [0.15, 0.2) is 5.76 Å². The predicted molar refractivity (Wildman–Crippen MR) is 103 cm³/mol. The molecule has 0 saturated carbocycles. The van der Waals surface area contributed by atoms with E-state index in [9.17, 15) is 14.7 Å². The lowest BCUT2D eigenvalue weighted by atomic mass is 10.00. The Hall–Kier alpha value is -2.83. The topological polar surface area (TPSA) is 70.8 Å². The minimum atomic E-state index is -0.859. The number of aryl methyl sites for hydroxylation is 1. The van der Waals surface area contributed by atoms with Crippen LogP contribution in [0.3, 0.4) is 0 Å². The van der Waals surface area contributed by atoms with E-state index in [1.807, 2.05) is 0 Å². The van der Waals surface area contributed by atoms with Gasteiger partial charge in [-0.15, -0.1) is 11.3 Å². The van der Waals surface area contributed by atoms with Crippen LogP contribution in [0.2, 0.25) is 5.02 Å². The molecule has 5 nitrogen and oxygen atoms in total. The number of benzene rings is 1. The Morgan fingerprint density at radius 3 is 2.52 bits per heavy atom. The number of nitrogens with zero attached hydrogens (tertiary/aromatic N) is 1. The minimum Gasteiger partial charge on any atom is -0.503 e. The van der Waals surface area contributed by atoms with E-state index in [4.69, 9.17) is 16.0 Å². The molecule has 0 saturated heterocycles. The molecule has 4 rings (SSSR count). The Bertz CT molecular complexity index is 1050. The zero-order valence-electron chi connectivity index (χ0n) is 14.2. The second-order valence-corrected chi connectivity index (χ2v) is 7.46. The number of aliphatic hydroxyl groups excluding tert-OH is 1. The first-order valence-electron chi connectivity index (χ1n) is 8.14. The normalized spacial score (nSPS) is 17.0. The molecule has 136 valence electrons. The molecule has 1 aromatic carbocycles. The number of rotatable bonds is 4. The molecular weight excluding hydrogens is 386 g/mol. The first kappa shape index (κ1) is 17.6. The van der Waals surface area contributed by atoms with Gasteiger partial charge in [-0.05, 0) is 54.8 Å². The van der Waals surface area contributed by atoms with Crippen molar-refractivity contribution < 1.29 is 19.1 Å². The van der Waals surface area contributed by atoms with Crippen LogP contribution in [-0.2, 0) is 4.79 Å². The zero-order valence-corrected chi connectivity index (χ0v) is 15.8. The van der Waals surface area contributed by atoms with Crippen LogP contribution in [-0.4, -0.2) is 16.8 Å². The molecule has 3 aromatic rings. The Labute approximate surface area is 164 Å². The van der Waals surface area contributed by atoms with E-state index in [0.717, 1.165) is 0 Å². The van der Waals surface area contributed by atoms with Gasteiger partial charge in [-0.2, -0.15) is 0 Å². The summed E-state index contributed by atoms with van der Waals surface area (Å²) in [7, 11) is 0. The van der Waals surface area contributed by atoms with Crippen molar-refractivity contribution in [2.24, 2.45) is 0 Å². The van der Waals surface area contributed by atoms with E-state index < -0.39 is 23.5 Å². The van der Waals surface area contributed by atoms with E-state index in [-0.39, 0.29) is 5.57 Å². The Morgan fingerprint density at radius 2 is 1.93 bits per heavy atom. The standard InChI is InChI=1S/C20H14ClNO4S/c1-11-4-9-14(26-11)17-16(18(23)15-3-2-10-27-15)19(24)20(25)22(17)13-7-5-12(21)6-8-13/h2-10,17,24H,1H3. The number of halogens is 1. The molecule has 0 radical (unpaired) electrons. The van der Waals surface area contributed by atoms with Crippen LogP contribution in [0.5, 0.6) is 0 Å². The van der Waals surface area contributed by atoms with Gasteiger partial charge in [0.1, 0.15) is 17.6 Å². The second kappa shape index (κ2) is 6.72. The molecule has 7 heteroatoms. The molecule has 1 N–H and O–H groups in total. The van der Waals surface area contributed by atoms with Crippen molar-refractivity contribution in [1.29, 1.82) is 0 Å². The average Bonchev–Trinajstić information content (AvgIpc) is 3.37. The van der Waals surface area contributed by atoms with E-state index in [2.05, 4.69) is 0 Å². The number of amides is 1. The van der Waals surface area contributed by atoms with Crippen molar-refractivity contribution in [3.05, 3.63) is 86.7 Å². The summed E-state index contributed by atoms with van der Waals surface area (Å²) >= 11 is 7.20. The molecule has 0 fully saturated rings. The van der Waals surface area contributed by atoms with Crippen molar-refractivity contribution in [1.82, 2.24) is 0 Å². The monoisotopic (exact) mass is 399 g/mol. The third kappa shape index (κ3) is 2.97. The van der Waals surface area contributed by atoms with Crippen molar-refractivity contribution >= 4 is 40.3 Å². The number of Topliss-reactive ketones (excluding diaryl/α,β-unsaturated/α-hetero) is 1. The summed E-state index contributed by atoms with van der Waals surface area (Å²) in [6.45, 7) is 1.78. The largest absolute Gasteiger partial charge is 0.503 e. The van der Waals surface area contributed by atoms with Gasteiger partial charge >= 0.3 is 0 Å². The van der Waals surface area contributed by atoms with Crippen LogP contribution in [0, 0.1) is 6.92 Å². The van der Waals surface area contributed by atoms with E-state index in [0.29, 0.717) is 27.1 Å². The molecule has 1 aliphatic heterocycles. The SMILES string of the molecule is Cc1ccc(C2C(C(=O)c3cccs3)=C(O)C(=O)N2c2ccc(Cl)cc2)o1. The number of carbonyl (C=O) groups is 2. The number of anilines is 1. The lowest BCUT2D eigenvalue weighted by Gasteiger charge is -2.25. The first-order valence-corrected chi connectivity index (χ1v) is 9.40. The highest BCUT2D eigenvalue weighted by Gasteiger charge is 2.46. The number of hydrogen-bond acceptors (Lipinski definition) is 5. The van der Waals surface area contributed by atoms with Gasteiger partial charge in [-0.3, -0.25) is 14.5 Å². The van der Waals surface area contributed by atoms with Gasteiger partial charge in [-0.25, -0.2) is 0 Å². The highest BCUT2D eigenvalue weighted by atomic mass is 35.5. The van der Waals surface area contributed by atoms with Crippen molar-refractivity contribution in [3.63, 3.8) is 0 Å². The van der Waals surface area contributed by atoms with Gasteiger partial charge in [-0.1, -0.05) is 17.7 Å². The number of carbonyl (C=O) groups excluding carboxylic acids is 2. The fourth-order valence-electron chi connectivity index (χ4n) is 3.12. The van der Waals surface area contributed by atoms with Gasteiger partial charge in [0.2, 0.25) is 5.78 Å². The fraction of sp³-hybridized carbons (Fsp3) is 0.100. The zero-order chi connectivity index (χ0) is 19.1. The first-order chi connectivity index (χ1) is 13.0. The van der Waals surface area contributed by atoms with Crippen LogP contribution < -0.4 is 4.90 Å². The van der Waals surface area contributed by atoms with Gasteiger partial charge in [0, 0.05) is 10.7 Å². The van der Waals surface area contributed by atoms with E-state index in [1.54, 1.807) is 60.8 Å². The summed E-state index contributed by atoms with van der Waals surface area (Å²) in [6, 6.07) is 12.6. The summed E-state index contributed by atoms with van der Waals surface area (Å²) in [4.78, 5) is 27.7. The lowest BCUT2D eigenvalue weighted by molar-refractivity contribution is -0.117. The van der Waals surface area contributed by atoms with Gasteiger partial charge in [0.25, 0.3) is 5.91 Å². The number of ketones is 1. The molecule has 1 aliphatic rings. The molecule has 1 amide bonds. The molecule has 0 spiro atoms. The van der Waals surface area contributed by atoms with Crippen molar-refractivity contribution in [2.75, 3.05) is 4.90 Å². The van der Waals surface area contributed by atoms with Crippen LogP contribution in [0.4, 0.5) is 5.69 Å². The maximum atomic E-state index is 13.0. The highest BCUT2D eigenvalue weighted by Crippen LogP contribution is 2.42. The fourth-order valence-corrected chi connectivity index (χ4v) is 3.92. The Morgan fingerprint density at radius 1 is 1.19 bits per heavy atom. The van der Waals surface area contributed by atoms with Crippen LogP contribution in [0.1, 0.15) is 27.2 Å². The van der Waals surface area contributed by atoms with Gasteiger partial charge < -0.3 is 9.52 Å². The Kier molecular flexibility index (Phi) is 4.37. The van der Waals surface area contributed by atoms with E-state index >= 15 is 0 Å². The summed E-state index contributed by atoms with van der Waals surface area (Å²) < 4.78 is 5.72. The maximum absolute atomic E-state index is 13.0.